The van der Waals surface area contributed by atoms with Crippen molar-refractivity contribution in [3.05, 3.63) is 47.7 Å². The number of phenolic OH excluding ortho intramolecular Hbond substituents is 1. The summed E-state index contributed by atoms with van der Waals surface area (Å²) in [7, 11) is 0. The fourth-order valence-electron chi connectivity index (χ4n) is 1.87. The molecule has 1 aromatic heterocycles. The molecule has 1 heterocycles. The Kier molecular flexibility index (Phi) is 3.38. The molecule has 0 saturated carbocycles. The molecule has 0 spiro atoms. The predicted octanol–water partition coefficient (Wildman–Crippen LogP) is 3.56. The molecule has 0 radical (unpaired) electrons. The van der Waals surface area contributed by atoms with Crippen LogP contribution in [0.4, 0.5) is 0 Å². The van der Waals surface area contributed by atoms with Crippen LogP contribution in [0.15, 0.2) is 36.4 Å². The second-order valence-electron chi connectivity index (χ2n) is 5.55. The van der Waals surface area contributed by atoms with Gasteiger partial charge in [0.1, 0.15) is 11.4 Å². The van der Waals surface area contributed by atoms with Gasteiger partial charge < -0.3 is 5.11 Å². The van der Waals surface area contributed by atoms with Crippen LogP contribution in [0.1, 0.15) is 36.8 Å². The first-order valence-corrected chi connectivity index (χ1v) is 6.18. The van der Waals surface area contributed by atoms with Gasteiger partial charge in [-0.05, 0) is 35.2 Å². The molecule has 0 aliphatic carbocycles. The van der Waals surface area contributed by atoms with Crippen molar-refractivity contribution in [2.75, 3.05) is 0 Å². The summed E-state index contributed by atoms with van der Waals surface area (Å²) in [6.07, 6.45) is 0.703. The van der Waals surface area contributed by atoms with Gasteiger partial charge in [0.05, 0.1) is 5.69 Å². The average molecular weight is 255 g/mol. The van der Waals surface area contributed by atoms with E-state index in [9.17, 15) is 9.90 Å². The molecule has 0 atom stereocenters. The van der Waals surface area contributed by atoms with E-state index in [1.165, 1.54) is 0 Å². The summed E-state index contributed by atoms with van der Waals surface area (Å²) < 4.78 is 0. The van der Waals surface area contributed by atoms with Crippen molar-refractivity contribution in [2.45, 2.75) is 26.2 Å². The van der Waals surface area contributed by atoms with Crippen molar-refractivity contribution in [3.63, 3.8) is 0 Å². The van der Waals surface area contributed by atoms with Crippen molar-refractivity contribution < 1.29 is 9.90 Å². The highest BCUT2D eigenvalue weighted by molar-refractivity contribution is 5.75. The van der Waals surface area contributed by atoms with Gasteiger partial charge in [-0.15, -0.1) is 0 Å². The van der Waals surface area contributed by atoms with Crippen LogP contribution in [-0.2, 0) is 5.41 Å². The third-order valence-electron chi connectivity index (χ3n) is 3.03. The third kappa shape index (κ3) is 2.81. The number of aromatic nitrogens is 1. The second kappa shape index (κ2) is 4.84. The van der Waals surface area contributed by atoms with Gasteiger partial charge in [0.2, 0.25) is 0 Å². The lowest BCUT2D eigenvalue weighted by atomic mass is 9.85. The van der Waals surface area contributed by atoms with E-state index in [1.807, 2.05) is 12.1 Å². The van der Waals surface area contributed by atoms with Gasteiger partial charge in [0.15, 0.2) is 6.29 Å². The molecule has 1 N–H and O–H groups in total. The van der Waals surface area contributed by atoms with E-state index in [0.717, 1.165) is 5.56 Å². The zero-order valence-electron chi connectivity index (χ0n) is 11.3. The largest absolute Gasteiger partial charge is 0.507 e. The minimum absolute atomic E-state index is 0.00921. The standard InChI is InChI=1S/C16H17NO2/c1-16(2,3)11-7-8-15(19)13(9-11)14-6-4-5-12(10-18)17-14/h4-10,19H,1-3H3. The molecule has 3 nitrogen and oxygen atoms in total. The number of benzene rings is 1. The number of pyridine rings is 1. The van der Waals surface area contributed by atoms with Crippen molar-refractivity contribution in [1.82, 2.24) is 4.98 Å². The summed E-state index contributed by atoms with van der Waals surface area (Å²) in [5, 5.41) is 9.99. The number of carbonyl (C=O) groups excluding carboxylic acids is 1. The van der Waals surface area contributed by atoms with Gasteiger partial charge in [0, 0.05) is 5.56 Å². The maximum atomic E-state index is 10.8. The van der Waals surface area contributed by atoms with Crippen LogP contribution in [0.2, 0.25) is 0 Å². The van der Waals surface area contributed by atoms with Gasteiger partial charge in [-0.3, -0.25) is 4.79 Å². The Balaban J connectivity index is 2.57. The highest BCUT2D eigenvalue weighted by Gasteiger charge is 2.16. The number of aldehydes is 1. The molecule has 1 aromatic carbocycles. The minimum atomic E-state index is -0.00921. The number of aromatic hydroxyl groups is 1. The SMILES string of the molecule is CC(C)(C)c1ccc(O)c(-c2cccc(C=O)n2)c1. The summed E-state index contributed by atoms with van der Waals surface area (Å²) in [5.74, 6) is 0.170. The molecule has 0 unspecified atom stereocenters. The van der Waals surface area contributed by atoms with Crippen LogP contribution in [0.25, 0.3) is 11.3 Å². The molecule has 98 valence electrons. The summed E-state index contributed by atoms with van der Waals surface area (Å²) in [6.45, 7) is 6.33. The Labute approximate surface area is 112 Å². The summed E-state index contributed by atoms with van der Waals surface area (Å²) in [4.78, 5) is 15.0. The van der Waals surface area contributed by atoms with E-state index >= 15 is 0 Å². The monoisotopic (exact) mass is 255 g/mol. The smallest absolute Gasteiger partial charge is 0.168 e. The van der Waals surface area contributed by atoms with Gasteiger partial charge in [-0.25, -0.2) is 4.98 Å². The lowest BCUT2D eigenvalue weighted by Gasteiger charge is -2.20. The maximum absolute atomic E-state index is 10.8. The van der Waals surface area contributed by atoms with Crippen LogP contribution in [-0.4, -0.2) is 16.4 Å². The Morgan fingerprint density at radius 2 is 1.89 bits per heavy atom. The number of phenols is 1. The molecular formula is C16H17NO2. The molecule has 3 heteroatoms. The zero-order chi connectivity index (χ0) is 14.0. The molecule has 0 saturated heterocycles. The number of carbonyl (C=O) groups is 1. The first-order chi connectivity index (χ1) is 8.91. The lowest BCUT2D eigenvalue weighted by Crippen LogP contribution is -2.10. The zero-order valence-corrected chi connectivity index (χ0v) is 11.3. The van der Waals surface area contributed by atoms with Crippen molar-refractivity contribution in [1.29, 1.82) is 0 Å². The Morgan fingerprint density at radius 3 is 2.53 bits per heavy atom. The predicted molar refractivity (Wildman–Crippen MR) is 75.4 cm³/mol. The van der Waals surface area contributed by atoms with E-state index in [1.54, 1.807) is 24.3 Å². The lowest BCUT2D eigenvalue weighted by molar-refractivity contribution is 0.111. The fraction of sp³-hybridized carbons (Fsp3) is 0.250. The topological polar surface area (TPSA) is 50.2 Å². The Morgan fingerprint density at radius 1 is 1.16 bits per heavy atom. The molecule has 0 aliphatic heterocycles. The first-order valence-electron chi connectivity index (χ1n) is 6.18. The van der Waals surface area contributed by atoms with Gasteiger partial charge in [0.25, 0.3) is 0 Å². The fourth-order valence-corrected chi connectivity index (χ4v) is 1.87. The summed E-state index contributed by atoms with van der Waals surface area (Å²) in [6, 6.07) is 10.7. The van der Waals surface area contributed by atoms with E-state index in [4.69, 9.17) is 0 Å². The van der Waals surface area contributed by atoms with Crippen molar-refractivity contribution >= 4 is 6.29 Å². The molecule has 2 aromatic rings. The van der Waals surface area contributed by atoms with Crippen molar-refractivity contribution in [3.8, 4) is 17.0 Å². The van der Waals surface area contributed by atoms with E-state index in [0.29, 0.717) is 23.2 Å². The van der Waals surface area contributed by atoms with E-state index in [-0.39, 0.29) is 11.2 Å². The molecule has 19 heavy (non-hydrogen) atoms. The summed E-state index contributed by atoms with van der Waals surface area (Å²) in [5.41, 5.74) is 2.71. The number of hydrogen-bond acceptors (Lipinski definition) is 3. The number of nitrogens with zero attached hydrogens (tertiary/aromatic N) is 1. The summed E-state index contributed by atoms with van der Waals surface area (Å²) >= 11 is 0. The first kappa shape index (κ1) is 13.3. The van der Waals surface area contributed by atoms with Gasteiger partial charge >= 0.3 is 0 Å². The molecule has 2 rings (SSSR count). The van der Waals surface area contributed by atoms with Crippen molar-refractivity contribution in [2.24, 2.45) is 0 Å². The van der Waals surface area contributed by atoms with E-state index in [2.05, 4.69) is 25.8 Å². The molecular weight excluding hydrogens is 238 g/mol. The van der Waals surface area contributed by atoms with E-state index < -0.39 is 0 Å². The van der Waals surface area contributed by atoms with Crippen LogP contribution in [0, 0.1) is 0 Å². The van der Waals surface area contributed by atoms with Crippen LogP contribution >= 0.6 is 0 Å². The Hall–Kier alpha value is -2.16. The highest BCUT2D eigenvalue weighted by atomic mass is 16.3. The van der Waals surface area contributed by atoms with Gasteiger partial charge in [-0.2, -0.15) is 0 Å². The highest BCUT2D eigenvalue weighted by Crippen LogP contribution is 2.33. The minimum Gasteiger partial charge on any atom is -0.507 e. The van der Waals surface area contributed by atoms with Crippen LogP contribution < -0.4 is 0 Å². The number of hydrogen-bond donors (Lipinski definition) is 1. The molecule has 0 fully saturated rings. The Bertz CT molecular complexity index is 612. The quantitative estimate of drug-likeness (QED) is 0.835. The van der Waals surface area contributed by atoms with Crippen LogP contribution in [0.3, 0.4) is 0 Å². The molecule has 0 aliphatic rings. The number of rotatable bonds is 2. The third-order valence-corrected chi connectivity index (χ3v) is 3.03. The second-order valence-corrected chi connectivity index (χ2v) is 5.55. The average Bonchev–Trinajstić information content (AvgIpc) is 2.38. The molecule has 0 bridgehead atoms. The molecule has 0 amide bonds. The normalized spacial score (nSPS) is 11.3. The van der Waals surface area contributed by atoms with Crippen LogP contribution in [0.5, 0.6) is 5.75 Å². The maximum Gasteiger partial charge on any atom is 0.168 e. The van der Waals surface area contributed by atoms with Gasteiger partial charge in [-0.1, -0.05) is 32.9 Å².